The van der Waals surface area contributed by atoms with E-state index in [1.54, 1.807) is 0 Å². The minimum absolute atomic E-state index is 0.0642. The summed E-state index contributed by atoms with van der Waals surface area (Å²) in [6, 6.07) is 16.3. The molecule has 1 aliphatic heterocycles. The zero-order valence-corrected chi connectivity index (χ0v) is 26.8. The molecule has 220 valence electrons. The molecule has 2 aromatic rings. The van der Waals surface area contributed by atoms with Gasteiger partial charge in [0.05, 0.1) is 11.2 Å². The molecule has 0 bridgehead atoms. The Morgan fingerprint density at radius 2 is 1.10 bits per heavy atom. The van der Waals surface area contributed by atoms with Gasteiger partial charge < -0.3 is 19.1 Å². The molecule has 2 aromatic carbocycles. The second-order valence-corrected chi connectivity index (χ2v) is 14.0. The summed E-state index contributed by atoms with van der Waals surface area (Å²) in [5, 5.41) is 0. The molecule has 0 atom stereocenters. The summed E-state index contributed by atoms with van der Waals surface area (Å²) >= 11 is 0. The predicted octanol–water partition coefficient (Wildman–Crippen LogP) is 7.28. The van der Waals surface area contributed by atoms with E-state index in [0.717, 1.165) is 5.46 Å². The summed E-state index contributed by atoms with van der Waals surface area (Å²) in [4.78, 5) is 4.61. The van der Waals surface area contributed by atoms with E-state index >= 15 is 0 Å². The third-order valence-corrected chi connectivity index (χ3v) is 9.74. The van der Waals surface area contributed by atoms with Crippen LogP contribution in [0, 0.1) is 0 Å². The van der Waals surface area contributed by atoms with Crippen molar-refractivity contribution in [3.8, 4) is 11.1 Å². The largest absolute Gasteiger partial charge is 0.494 e. The Kier molecular flexibility index (Phi) is 10.3. The van der Waals surface area contributed by atoms with E-state index < -0.39 is 0 Å². The van der Waals surface area contributed by atoms with E-state index in [4.69, 9.17) is 9.31 Å². The first kappa shape index (κ1) is 31.3. The van der Waals surface area contributed by atoms with Crippen molar-refractivity contribution in [2.24, 2.45) is 0 Å². The van der Waals surface area contributed by atoms with Crippen molar-refractivity contribution in [1.82, 2.24) is 9.80 Å². The molecule has 1 saturated heterocycles. The van der Waals surface area contributed by atoms with Gasteiger partial charge >= 0.3 is 7.12 Å². The van der Waals surface area contributed by atoms with Gasteiger partial charge in [0.2, 0.25) is 0 Å². The van der Waals surface area contributed by atoms with Crippen LogP contribution in [-0.2, 0) is 14.7 Å². The Hall–Kier alpha value is -1.66. The third kappa shape index (κ3) is 6.86. The summed E-state index contributed by atoms with van der Waals surface area (Å²) in [6.45, 7) is 10.9. The molecule has 40 heavy (non-hydrogen) atoms. The van der Waals surface area contributed by atoms with Gasteiger partial charge in [-0.3, -0.25) is 0 Å². The normalized spacial score (nSPS) is 18.5. The monoisotopic (exact) mass is 546 g/mol. The Bertz CT molecular complexity index is 1070. The molecular weight excluding hydrogens is 491 g/mol. The van der Waals surface area contributed by atoms with Crippen LogP contribution < -0.4 is 5.46 Å². The van der Waals surface area contributed by atoms with E-state index in [-0.39, 0.29) is 23.7 Å². The SMILES string of the molecule is CN(C)CCCCCCC1(CCCCCCN(C)C)c2ccccc2-c2ccc(B3OC(C)(C)C(C)(C)O3)cc21. The van der Waals surface area contributed by atoms with Crippen molar-refractivity contribution in [2.45, 2.75) is 109 Å². The summed E-state index contributed by atoms with van der Waals surface area (Å²) < 4.78 is 13.0. The Morgan fingerprint density at radius 3 is 1.65 bits per heavy atom. The number of fused-ring (bicyclic) bond motifs is 3. The molecule has 1 aliphatic carbocycles. The number of nitrogens with zero attached hydrogens (tertiary/aromatic N) is 2. The van der Waals surface area contributed by atoms with Crippen LogP contribution in [0.4, 0.5) is 0 Å². The quantitative estimate of drug-likeness (QED) is 0.173. The van der Waals surface area contributed by atoms with Gasteiger partial charge in [-0.1, -0.05) is 81.0 Å². The van der Waals surface area contributed by atoms with Crippen LogP contribution in [0.2, 0.25) is 0 Å². The molecule has 1 fully saturated rings. The Labute approximate surface area is 246 Å². The summed E-state index contributed by atoms with van der Waals surface area (Å²) in [5.41, 5.74) is 6.43. The highest BCUT2D eigenvalue weighted by Crippen LogP contribution is 2.54. The molecule has 2 aliphatic rings. The van der Waals surface area contributed by atoms with Gasteiger partial charge in [-0.25, -0.2) is 0 Å². The lowest BCUT2D eigenvalue weighted by molar-refractivity contribution is 0.00578. The van der Waals surface area contributed by atoms with Crippen LogP contribution >= 0.6 is 0 Å². The highest BCUT2D eigenvalue weighted by atomic mass is 16.7. The number of benzene rings is 2. The van der Waals surface area contributed by atoms with E-state index in [0.29, 0.717) is 0 Å². The van der Waals surface area contributed by atoms with Gasteiger partial charge in [-0.05, 0) is 122 Å². The minimum atomic E-state index is -0.337. The van der Waals surface area contributed by atoms with E-state index in [1.807, 2.05) is 0 Å². The van der Waals surface area contributed by atoms with Gasteiger partial charge in [0, 0.05) is 5.41 Å². The van der Waals surface area contributed by atoms with Crippen molar-refractivity contribution >= 4 is 12.6 Å². The second-order valence-electron chi connectivity index (χ2n) is 14.0. The van der Waals surface area contributed by atoms with Crippen LogP contribution in [0.15, 0.2) is 42.5 Å². The van der Waals surface area contributed by atoms with Crippen LogP contribution in [0.25, 0.3) is 11.1 Å². The first-order valence-corrected chi connectivity index (χ1v) is 15.9. The lowest BCUT2D eigenvalue weighted by Crippen LogP contribution is -2.41. The topological polar surface area (TPSA) is 24.9 Å². The molecule has 0 saturated carbocycles. The molecule has 0 N–H and O–H groups in total. The van der Waals surface area contributed by atoms with Crippen LogP contribution in [0.3, 0.4) is 0 Å². The van der Waals surface area contributed by atoms with E-state index in [9.17, 15) is 0 Å². The number of hydrogen-bond acceptors (Lipinski definition) is 4. The van der Waals surface area contributed by atoms with Crippen molar-refractivity contribution in [1.29, 1.82) is 0 Å². The average Bonchev–Trinajstić information content (AvgIpc) is 3.29. The maximum absolute atomic E-state index is 6.51. The zero-order valence-electron chi connectivity index (χ0n) is 26.8. The predicted molar refractivity (Wildman–Crippen MR) is 172 cm³/mol. The third-order valence-electron chi connectivity index (χ3n) is 9.74. The molecule has 0 spiro atoms. The van der Waals surface area contributed by atoms with Crippen LogP contribution in [-0.4, -0.2) is 69.4 Å². The maximum Gasteiger partial charge on any atom is 0.494 e. The molecule has 0 amide bonds. The van der Waals surface area contributed by atoms with E-state index in [1.165, 1.54) is 99.6 Å². The number of rotatable bonds is 15. The maximum atomic E-state index is 6.51. The molecule has 1 heterocycles. The van der Waals surface area contributed by atoms with Crippen molar-refractivity contribution < 1.29 is 9.31 Å². The van der Waals surface area contributed by atoms with Gasteiger partial charge in [-0.15, -0.1) is 0 Å². The second kappa shape index (κ2) is 13.1. The van der Waals surface area contributed by atoms with Gasteiger partial charge in [0.25, 0.3) is 0 Å². The average molecular weight is 547 g/mol. The van der Waals surface area contributed by atoms with Gasteiger partial charge in [0.15, 0.2) is 0 Å². The number of hydrogen-bond donors (Lipinski definition) is 0. The Morgan fingerprint density at radius 1 is 0.600 bits per heavy atom. The highest BCUT2D eigenvalue weighted by molar-refractivity contribution is 6.62. The smallest absolute Gasteiger partial charge is 0.399 e. The lowest BCUT2D eigenvalue weighted by atomic mass is 9.68. The zero-order chi connectivity index (χ0) is 29.0. The van der Waals surface area contributed by atoms with Gasteiger partial charge in [-0.2, -0.15) is 0 Å². The fraction of sp³-hybridized carbons (Fsp3) is 0.657. The molecular formula is C35H55BN2O2. The van der Waals surface area contributed by atoms with Crippen molar-refractivity contribution in [2.75, 3.05) is 41.3 Å². The van der Waals surface area contributed by atoms with Crippen molar-refractivity contribution in [3.63, 3.8) is 0 Å². The molecule has 4 rings (SSSR count). The molecule has 0 radical (unpaired) electrons. The Balaban J connectivity index is 1.61. The first-order valence-electron chi connectivity index (χ1n) is 15.9. The standard InChI is InChI=1S/C35H55BN2O2/c1-33(2)34(3,4)40-36(39-33)28-21-22-30-29-19-13-14-20-31(29)35(32(30)27-28,23-15-9-11-17-25-37(5)6)24-16-10-12-18-26-38(7)8/h13-14,19-22,27H,9-12,15-18,23-26H2,1-8H3. The first-order chi connectivity index (χ1) is 19.0. The summed E-state index contributed by atoms with van der Waals surface area (Å²) in [6.07, 6.45) is 12.7. The molecule has 4 nitrogen and oxygen atoms in total. The number of unbranched alkanes of at least 4 members (excludes halogenated alkanes) is 6. The van der Waals surface area contributed by atoms with Gasteiger partial charge in [0.1, 0.15) is 0 Å². The van der Waals surface area contributed by atoms with Crippen LogP contribution in [0.1, 0.15) is 103 Å². The van der Waals surface area contributed by atoms with Crippen LogP contribution in [0.5, 0.6) is 0 Å². The van der Waals surface area contributed by atoms with E-state index in [2.05, 4.69) is 108 Å². The molecule has 0 aromatic heterocycles. The summed E-state index contributed by atoms with van der Waals surface area (Å²) in [7, 11) is 8.39. The highest BCUT2D eigenvalue weighted by Gasteiger charge is 2.52. The fourth-order valence-electron chi connectivity index (χ4n) is 6.68. The lowest BCUT2D eigenvalue weighted by Gasteiger charge is -2.33. The fourth-order valence-corrected chi connectivity index (χ4v) is 6.68. The minimum Gasteiger partial charge on any atom is -0.399 e. The molecule has 5 heteroatoms. The molecule has 0 unspecified atom stereocenters. The summed E-state index contributed by atoms with van der Waals surface area (Å²) in [5.74, 6) is 0. The van der Waals surface area contributed by atoms with Crippen molar-refractivity contribution in [3.05, 3.63) is 53.6 Å².